The van der Waals surface area contributed by atoms with Gasteiger partial charge in [-0.15, -0.1) is 0 Å². The van der Waals surface area contributed by atoms with Crippen LogP contribution < -0.4 is 20.1 Å². The molecule has 4 amide bonds. The number of urea groups is 1. The van der Waals surface area contributed by atoms with E-state index in [0.717, 1.165) is 4.90 Å². The summed E-state index contributed by atoms with van der Waals surface area (Å²) in [6.07, 6.45) is 1.51. The van der Waals surface area contributed by atoms with Gasteiger partial charge in [0.25, 0.3) is 5.91 Å². The zero-order chi connectivity index (χ0) is 19.9. The summed E-state index contributed by atoms with van der Waals surface area (Å²) >= 11 is 0. The topological polar surface area (TPSA) is 110 Å². The second-order valence-corrected chi connectivity index (χ2v) is 6.82. The molecule has 9 nitrogen and oxygen atoms in total. The highest BCUT2D eigenvalue weighted by Crippen LogP contribution is 2.37. The number of fused-ring (bicyclic) bond motifs is 1. The van der Waals surface area contributed by atoms with Crippen molar-refractivity contribution in [3.63, 3.8) is 0 Å². The van der Waals surface area contributed by atoms with Crippen molar-refractivity contribution >= 4 is 17.8 Å². The second kappa shape index (κ2) is 6.59. The lowest BCUT2D eigenvalue weighted by molar-refractivity contribution is -0.135. The molecule has 146 valence electrons. The Bertz CT molecular complexity index is 941. The van der Waals surface area contributed by atoms with Crippen LogP contribution in [0.25, 0.3) is 0 Å². The van der Waals surface area contributed by atoms with Crippen LogP contribution >= 0.6 is 0 Å². The van der Waals surface area contributed by atoms with Gasteiger partial charge >= 0.3 is 6.03 Å². The number of nitrogens with zero attached hydrogens (tertiary/aromatic N) is 1. The van der Waals surface area contributed by atoms with Gasteiger partial charge in [0.2, 0.25) is 12.7 Å². The zero-order valence-electron chi connectivity index (χ0n) is 15.4. The minimum absolute atomic E-state index is 0.107. The molecule has 1 fully saturated rings. The number of furan rings is 1. The van der Waals surface area contributed by atoms with E-state index in [1.807, 2.05) is 0 Å². The number of rotatable bonds is 5. The fourth-order valence-corrected chi connectivity index (χ4v) is 3.28. The van der Waals surface area contributed by atoms with E-state index in [-0.39, 0.29) is 12.8 Å². The predicted octanol–water partition coefficient (Wildman–Crippen LogP) is 1.65. The van der Waals surface area contributed by atoms with Crippen molar-refractivity contribution in [2.24, 2.45) is 0 Å². The summed E-state index contributed by atoms with van der Waals surface area (Å²) in [5.41, 5.74) is -0.757. The quantitative estimate of drug-likeness (QED) is 0.758. The first kappa shape index (κ1) is 17.9. The smallest absolute Gasteiger partial charge is 0.325 e. The average molecular weight is 385 g/mol. The predicted molar refractivity (Wildman–Crippen MR) is 95.4 cm³/mol. The van der Waals surface area contributed by atoms with E-state index in [4.69, 9.17) is 13.9 Å². The Morgan fingerprint density at radius 3 is 2.82 bits per heavy atom. The van der Waals surface area contributed by atoms with Crippen molar-refractivity contribution < 1.29 is 28.3 Å². The number of nitrogens with one attached hydrogen (secondary N) is 2. The molecule has 28 heavy (non-hydrogen) atoms. The molecule has 9 heteroatoms. The summed E-state index contributed by atoms with van der Waals surface area (Å²) in [7, 11) is 0. The Labute approximate surface area is 160 Å². The molecule has 1 saturated heterocycles. The molecule has 0 bridgehead atoms. The highest BCUT2D eigenvalue weighted by molar-refractivity contribution is 6.09. The molecule has 2 aliphatic heterocycles. The van der Waals surface area contributed by atoms with Gasteiger partial charge in [0, 0.05) is 0 Å². The third kappa shape index (κ3) is 2.94. The van der Waals surface area contributed by atoms with Crippen molar-refractivity contribution in [1.82, 2.24) is 15.5 Å². The molecule has 3 heterocycles. The molecule has 2 atom stereocenters. The Morgan fingerprint density at radius 1 is 1.29 bits per heavy atom. The summed E-state index contributed by atoms with van der Waals surface area (Å²) in [5, 5.41) is 5.37. The van der Waals surface area contributed by atoms with Gasteiger partial charge in [-0.3, -0.25) is 14.5 Å². The lowest BCUT2D eigenvalue weighted by Crippen LogP contribution is -2.43. The van der Waals surface area contributed by atoms with Gasteiger partial charge in [-0.1, -0.05) is 6.07 Å². The number of amides is 4. The van der Waals surface area contributed by atoms with Crippen molar-refractivity contribution in [1.29, 1.82) is 0 Å². The van der Waals surface area contributed by atoms with Crippen molar-refractivity contribution in [3.05, 3.63) is 47.9 Å². The number of hydrogen-bond acceptors (Lipinski definition) is 6. The Hall–Kier alpha value is -3.49. The molecular formula is C19H19N3O6. The fourth-order valence-electron chi connectivity index (χ4n) is 3.28. The molecule has 0 radical (unpaired) electrons. The van der Waals surface area contributed by atoms with Crippen LogP contribution in [0.5, 0.6) is 11.5 Å². The van der Waals surface area contributed by atoms with E-state index in [0.29, 0.717) is 22.8 Å². The van der Waals surface area contributed by atoms with Gasteiger partial charge in [-0.25, -0.2) is 4.79 Å². The third-order valence-corrected chi connectivity index (χ3v) is 4.87. The normalized spacial score (nSPS) is 21.6. The number of carbonyl (C=O) groups excluding carboxylic acids is 3. The van der Waals surface area contributed by atoms with E-state index in [1.165, 1.54) is 6.26 Å². The molecule has 4 rings (SSSR count). The molecule has 2 aromatic rings. The molecule has 0 spiro atoms. The number of benzene rings is 1. The molecule has 0 aliphatic carbocycles. The van der Waals surface area contributed by atoms with Crippen LogP contribution in [0.2, 0.25) is 0 Å². The van der Waals surface area contributed by atoms with Crippen LogP contribution in [0.1, 0.15) is 31.2 Å². The maximum Gasteiger partial charge on any atom is 0.325 e. The van der Waals surface area contributed by atoms with Gasteiger partial charge < -0.3 is 24.5 Å². The first-order chi connectivity index (χ1) is 13.4. The van der Waals surface area contributed by atoms with Crippen LogP contribution in [0, 0.1) is 0 Å². The Kier molecular flexibility index (Phi) is 4.21. The first-order valence-corrected chi connectivity index (χ1v) is 8.75. The van der Waals surface area contributed by atoms with Crippen LogP contribution in [-0.4, -0.2) is 36.1 Å². The highest BCUT2D eigenvalue weighted by atomic mass is 16.7. The summed E-state index contributed by atoms with van der Waals surface area (Å²) in [6.45, 7) is 3.05. The van der Waals surface area contributed by atoms with Crippen LogP contribution in [0.3, 0.4) is 0 Å². The minimum atomic E-state index is -1.30. The van der Waals surface area contributed by atoms with E-state index in [9.17, 15) is 14.4 Å². The van der Waals surface area contributed by atoms with Crippen molar-refractivity contribution in [3.8, 4) is 11.5 Å². The first-order valence-electron chi connectivity index (χ1n) is 8.75. The lowest BCUT2D eigenvalue weighted by atomic mass is 9.91. The van der Waals surface area contributed by atoms with Crippen LogP contribution in [0.15, 0.2) is 41.0 Å². The van der Waals surface area contributed by atoms with Gasteiger partial charge in [0.1, 0.15) is 17.8 Å². The molecule has 1 aromatic heterocycles. The third-order valence-electron chi connectivity index (χ3n) is 4.87. The van der Waals surface area contributed by atoms with Crippen LogP contribution in [-0.2, 0) is 15.1 Å². The highest BCUT2D eigenvalue weighted by Gasteiger charge is 2.50. The van der Waals surface area contributed by atoms with E-state index in [2.05, 4.69) is 10.6 Å². The average Bonchev–Trinajstić information content (AvgIpc) is 3.39. The summed E-state index contributed by atoms with van der Waals surface area (Å²) in [5.74, 6) is 0.673. The van der Waals surface area contributed by atoms with Crippen molar-refractivity contribution in [2.75, 3.05) is 13.3 Å². The van der Waals surface area contributed by atoms with E-state index >= 15 is 0 Å². The maximum absolute atomic E-state index is 13.0. The van der Waals surface area contributed by atoms with Crippen LogP contribution in [0.4, 0.5) is 4.79 Å². The fraction of sp³-hybridized carbons (Fsp3) is 0.316. The minimum Gasteiger partial charge on any atom is -0.467 e. The van der Waals surface area contributed by atoms with Gasteiger partial charge in [-0.05, 0) is 43.7 Å². The molecule has 1 aromatic carbocycles. The standard InChI is InChI=1S/C19H19N3O6/c1-11(13-4-3-7-26-13)20-16(23)9-22-17(24)19(2,21-18(22)25)12-5-6-14-15(8-12)28-10-27-14/h3-8,11H,9-10H2,1-2H3,(H,20,23)(H,21,25)/t11-,19+/m1/s1. The molecule has 2 aliphatic rings. The number of imide groups is 1. The molecule has 0 unspecified atom stereocenters. The van der Waals surface area contributed by atoms with Gasteiger partial charge in [0.15, 0.2) is 11.5 Å². The van der Waals surface area contributed by atoms with Gasteiger partial charge in [-0.2, -0.15) is 0 Å². The van der Waals surface area contributed by atoms with E-state index < -0.39 is 29.9 Å². The summed E-state index contributed by atoms with van der Waals surface area (Å²) in [6, 6.07) is 7.45. The number of hydrogen-bond donors (Lipinski definition) is 2. The lowest BCUT2D eigenvalue weighted by Gasteiger charge is -2.22. The maximum atomic E-state index is 13.0. The monoisotopic (exact) mass is 385 g/mol. The Balaban J connectivity index is 1.48. The zero-order valence-corrected chi connectivity index (χ0v) is 15.4. The largest absolute Gasteiger partial charge is 0.467 e. The molecule has 2 N–H and O–H groups in total. The number of carbonyl (C=O) groups is 3. The van der Waals surface area contributed by atoms with Gasteiger partial charge in [0.05, 0.1) is 12.3 Å². The summed E-state index contributed by atoms with van der Waals surface area (Å²) < 4.78 is 15.9. The van der Waals surface area contributed by atoms with E-state index in [1.54, 1.807) is 44.2 Å². The SMILES string of the molecule is C[C@@H](NC(=O)CN1C(=O)N[C@@](C)(c2ccc3c(c2)OCO3)C1=O)c1ccco1. The molecule has 0 saturated carbocycles. The molecular weight excluding hydrogens is 366 g/mol. The number of ether oxygens (including phenoxy) is 2. The Morgan fingerprint density at radius 2 is 2.07 bits per heavy atom. The summed E-state index contributed by atoms with van der Waals surface area (Å²) in [4.78, 5) is 38.6. The van der Waals surface area contributed by atoms with Crippen molar-refractivity contribution in [2.45, 2.75) is 25.4 Å². The second-order valence-electron chi connectivity index (χ2n) is 6.82.